The summed E-state index contributed by atoms with van der Waals surface area (Å²) in [5.74, 6) is 0. The predicted octanol–water partition coefficient (Wildman–Crippen LogP) is 6.92. The summed E-state index contributed by atoms with van der Waals surface area (Å²) in [5, 5.41) is 3.77. The van der Waals surface area contributed by atoms with Gasteiger partial charge >= 0.3 is 0 Å². The highest BCUT2D eigenvalue weighted by molar-refractivity contribution is 9.09. The molecule has 0 N–H and O–H groups in total. The van der Waals surface area contributed by atoms with E-state index >= 15 is 0 Å². The molecule has 112 valence electrons. The average Bonchev–Trinajstić information content (AvgIpc) is 2.49. The summed E-state index contributed by atoms with van der Waals surface area (Å²) < 4.78 is 0. The van der Waals surface area contributed by atoms with Gasteiger partial charge in [-0.15, -0.1) is 0 Å². The molecule has 0 spiro atoms. The molecule has 2 aromatic rings. The number of benzene rings is 2. The Morgan fingerprint density at radius 2 is 1.38 bits per heavy atom. The van der Waals surface area contributed by atoms with Crippen LogP contribution < -0.4 is 0 Å². The zero-order valence-corrected chi connectivity index (χ0v) is 16.5. The van der Waals surface area contributed by atoms with Crippen molar-refractivity contribution in [2.45, 2.75) is 11.8 Å². The number of alkyl halides is 2. The summed E-state index contributed by atoms with van der Waals surface area (Å²) >= 11 is 25.7. The van der Waals surface area contributed by atoms with Crippen molar-refractivity contribution in [3.63, 3.8) is 0 Å². The van der Waals surface area contributed by atoms with E-state index in [2.05, 4.69) is 44.0 Å². The number of rotatable bonds is 5. The zero-order valence-electron chi connectivity index (χ0n) is 11.1. The summed E-state index contributed by atoms with van der Waals surface area (Å²) in [5.41, 5.74) is 2.13. The Kier molecular flexibility index (Phi) is 6.46. The molecule has 0 aliphatic rings. The third kappa shape index (κ3) is 4.17. The van der Waals surface area contributed by atoms with Crippen LogP contribution in [0.15, 0.2) is 42.5 Å². The van der Waals surface area contributed by atoms with Crippen LogP contribution in [0.4, 0.5) is 0 Å². The number of hydrogen-bond acceptors (Lipinski definition) is 0. The molecule has 0 saturated carbocycles. The lowest BCUT2D eigenvalue weighted by Gasteiger charge is -2.31. The second-order valence-electron chi connectivity index (χ2n) is 4.97. The Hall–Kier alpha value is 0.270. The molecule has 0 amide bonds. The van der Waals surface area contributed by atoms with Crippen molar-refractivity contribution in [3.8, 4) is 0 Å². The molecule has 0 unspecified atom stereocenters. The monoisotopic (exact) mass is 468 g/mol. The summed E-state index contributed by atoms with van der Waals surface area (Å²) in [6.07, 6.45) is 0.782. The first-order valence-electron chi connectivity index (χ1n) is 6.33. The topological polar surface area (TPSA) is 0 Å². The van der Waals surface area contributed by atoms with Gasteiger partial charge in [0.05, 0.1) is 0 Å². The maximum Gasteiger partial charge on any atom is 0.0439 e. The zero-order chi connectivity index (χ0) is 15.5. The number of halogens is 5. The second kappa shape index (κ2) is 7.70. The third-order valence-corrected chi connectivity index (χ3v) is 6.51. The molecule has 0 radical (unpaired) electrons. The van der Waals surface area contributed by atoms with Crippen LogP contribution in [0.1, 0.15) is 11.1 Å². The summed E-state index contributed by atoms with van der Waals surface area (Å²) in [6, 6.07) is 13.5. The van der Waals surface area contributed by atoms with Gasteiger partial charge in [0.1, 0.15) is 0 Å². The van der Waals surface area contributed by atoms with Crippen molar-refractivity contribution in [2.75, 3.05) is 10.7 Å². The molecule has 0 aromatic heterocycles. The summed E-state index contributed by atoms with van der Waals surface area (Å²) in [4.78, 5) is 0. The molecule has 0 aliphatic heterocycles. The molecule has 0 bridgehead atoms. The van der Waals surface area contributed by atoms with Gasteiger partial charge in [0.15, 0.2) is 0 Å². The van der Waals surface area contributed by atoms with Crippen LogP contribution in [0.5, 0.6) is 0 Å². The fraction of sp³-hybridized carbons (Fsp3) is 0.250. The van der Waals surface area contributed by atoms with Gasteiger partial charge in [-0.2, -0.15) is 0 Å². The fourth-order valence-corrected chi connectivity index (χ4v) is 4.71. The molecule has 0 atom stereocenters. The average molecular weight is 471 g/mol. The Bertz CT molecular complexity index is 607. The minimum absolute atomic E-state index is 0.112. The van der Waals surface area contributed by atoms with Crippen LogP contribution in [0.25, 0.3) is 0 Å². The Morgan fingerprint density at radius 1 is 0.810 bits per heavy atom. The molecular weight excluding hydrogens is 458 g/mol. The van der Waals surface area contributed by atoms with E-state index in [1.54, 1.807) is 6.07 Å². The molecule has 2 rings (SSSR count). The highest BCUT2D eigenvalue weighted by Crippen LogP contribution is 2.36. The highest BCUT2D eigenvalue weighted by atomic mass is 79.9. The van der Waals surface area contributed by atoms with Crippen LogP contribution in [0.3, 0.4) is 0 Å². The first kappa shape index (κ1) is 17.6. The smallest absolute Gasteiger partial charge is 0.0439 e. The van der Waals surface area contributed by atoms with Crippen molar-refractivity contribution < 1.29 is 0 Å². The maximum absolute atomic E-state index is 6.32. The van der Waals surface area contributed by atoms with Gasteiger partial charge in [0, 0.05) is 31.1 Å². The Morgan fingerprint density at radius 3 is 1.95 bits per heavy atom. The molecule has 0 saturated heterocycles. The lowest BCUT2D eigenvalue weighted by atomic mass is 9.79. The maximum atomic E-state index is 6.32. The molecule has 5 heteroatoms. The van der Waals surface area contributed by atoms with Crippen molar-refractivity contribution >= 4 is 66.7 Å². The first-order valence-corrected chi connectivity index (χ1v) is 9.70. The van der Waals surface area contributed by atoms with E-state index < -0.39 is 0 Å². The molecular formula is C16H13Br2Cl3. The van der Waals surface area contributed by atoms with E-state index in [4.69, 9.17) is 34.8 Å². The van der Waals surface area contributed by atoms with Crippen LogP contribution >= 0.6 is 66.7 Å². The van der Waals surface area contributed by atoms with Gasteiger partial charge < -0.3 is 0 Å². The van der Waals surface area contributed by atoms with Crippen molar-refractivity contribution in [2.24, 2.45) is 0 Å². The normalized spacial score (nSPS) is 11.7. The molecule has 2 aromatic carbocycles. The van der Waals surface area contributed by atoms with Crippen molar-refractivity contribution in [1.29, 1.82) is 0 Å². The first-order chi connectivity index (χ1) is 10.0. The minimum atomic E-state index is -0.112. The van der Waals surface area contributed by atoms with Gasteiger partial charge in [-0.3, -0.25) is 0 Å². The second-order valence-corrected chi connectivity index (χ2v) is 7.37. The van der Waals surface area contributed by atoms with E-state index in [0.717, 1.165) is 32.7 Å². The van der Waals surface area contributed by atoms with E-state index in [1.807, 2.05) is 24.3 Å². The predicted molar refractivity (Wildman–Crippen MR) is 101 cm³/mol. The Labute approximate surface area is 157 Å². The highest BCUT2D eigenvalue weighted by Gasteiger charge is 2.31. The molecule has 0 aliphatic carbocycles. The quantitative estimate of drug-likeness (QED) is 0.416. The summed E-state index contributed by atoms with van der Waals surface area (Å²) in [7, 11) is 0. The van der Waals surface area contributed by atoms with Gasteiger partial charge in [-0.1, -0.05) is 78.8 Å². The van der Waals surface area contributed by atoms with Gasteiger partial charge in [0.25, 0.3) is 0 Å². The van der Waals surface area contributed by atoms with E-state index in [-0.39, 0.29) is 5.41 Å². The third-order valence-electron chi connectivity index (χ3n) is 3.50. The lowest BCUT2D eigenvalue weighted by Crippen LogP contribution is -2.33. The summed E-state index contributed by atoms with van der Waals surface area (Å²) in [6.45, 7) is 0. The molecule has 0 heterocycles. The van der Waals surface area contributed by atoms with Gasteiger partial charge in [-0.05, 0) is 47.9 Å². The fourth-order valence-electron chi connectivity index (χ4n) is 2.23. The van der Waals surface area contributed by atoms with E-state index in [0.29, 0.717) is 5.02 Å². The largest absolute Gasteiger partial charge is 0.0918 e. The van der Waals surface area contributed by atoms with E-state index in [9.17, 15) is 0 Å². The lowest BCUT2D eigenvalue weighted by molar-refractivity contribution is 0.551. The molecule has 21 heavy (non-hydrogen) atoms. The van der Waals surface area contributed by atoms with Gasteiger partial charge in [0.2, 0.25) is 0 Å². The molecule has 0 nitrogen and oxygen atoms in total. The van der Waals surface area contributed by atoms with Crippen molar-refractivity contribution in [3.05, 3.63) is 68.7 Å². The van der Waals surface area contributed by atoms with Crippen LogP contribution in [0, 0.1) is 0 Å². The molecule has 0 fully saturated rings. The van der Waals surface area contributed by atoms with E-state index in [1.165, 1.54) is 5.56 Å². The van der Waals surface area contributed by atoms with Crippen LogP contribution in [-0.2, 0) is 11.8 Å². The number of hydrogen-bond donors (Lipinski definition) is 0. The van der Waals surface area contributed by atoms with Gasteiger partial charge in [-0.25, -0.2) is 0 Å². The van der Waals surface area contributed by atoms with Crippen LogP contribution in [0.2, 0.25) is 15.1 Å². The SMILES string of the molecule is Clc1ccc(C(CBr)(CBr)Cc2cc(Cl)ccc2Cl)cc1. The van der Waals surface area contributed by atoms with Crippen LogP contribution in [-0.4, -0.2) is 10.7 Å². The van der Waals surface area contributed by atoms with Crippen molar-refractivity contribution in [1.82, 2.24) is 0 Å². The Balaban J connectivity index is 2.42. The minimum Gasteiger partial charge on any atom is -0.0918 e. The standard InChI is InChI=1S/C16H13Br2Cl3/c17-9-16(10-18,12-1-3-13(19)4-2-12)8-11-7-14(20)5-6-15(11)21/h1-7H,8-10H2.